The zero-order valence-electron chi connectivity index (χ0n) is 21.2. The summed E-state index contributed by atoms with van der Waals surface area (Å²) in [5.41, 5.74) is -0.407. The quantitative estimate of drug-likeness (QED) is 0.244. The van der Waals surface area contributed by atoms with Crippen LogP contribution in [0.4, 0.5) is 27.6 Å². The summed E-state index contributed by atoms with van der Waals surface area (Å²) in [5, 5.41) is 5.39. The lowest BCUT2D eigenvalue weighted by atomic mass is 9.92. The van der Waals surface area contributed by atoms with Crippen LogP contribution in [0.3, 0.4) is 0 Å². The Morgan fingerprint density at radius 2 is 1.64 bits per heavy atom. The second kappa shape index (κ2) is 10.3. The highest BCUT2D eigenvalue weighted by Gasteiger charge is 2.36. The highest BCUT2D eigenvalue weighted by molar-refractivity contribution is 6.31. The molecule has 2 N–H and O–H groups in total. The molecule has 0 aromatic heterocycles. The molecule has 1 atom stereocenters. The summed E-state index contributed by atoms with van der Waals surface area (Å²) in [6.45, 7) is 0.704. The minimum Gasteiger partial charge on any atom is -0.486 e. The Morgan fingerprint density at radius 1 is 0.881 bits per heavy atom. The van der Waals surface area contributed by atoms with Crippen LogP contribution in [0.25, 0.3) is 11.1 Å². The van der Waals surface area contributed by atoms with Crippen LogP contribution >= 0.6 is 11.6 Å². The van der Waals surface area contributed by atoms with Crippen molar-refractivity contribution >= 4 is 29.1 Å². The molecule has 2 amide bonds. The topological polar surface area (TPSA) is 76.7 Å². The first kappa shape index (κ1) is 27.5. The molecule has 2 aliphatic heterocycles. The van der Waals surface area contributed by atoms with Gasteiger partial charge in [-0.05, 0) is 71.8 Å². The molecule has 214 valence electrons. The number of carbonyl (C=O) groups excluding carboxylic acids is 2. The molecule has 2 heterocycles. The fourth-order valence-corrected chi connectivity index (χ4v) is 5.20. The fourth-order valence-electron chi connectivity index (χ4n) is 4.97. The number of carbonyl (C=O) groups is 2. The van der Waals surface area contributed by atoms with Crippen LogP contribution in [-0.4, -0.2) is 25.0 Å². The van der Waals surface area contributed by atoms with Gasteiger partial charge in [0.25, 0.3) is 11.8 Å². The summed E-state index contributed by atoms with van der Waals surface area (Å²) < 4.78 is 79.5. The van der Waals surface area contributed by atoms with Crippen molar-refractivity contribution in [2.24, 2.45) is 0 Å². The first-order chi connectivity index (χ1) is 20.0. The summed E-state index contributed by atoms with van der Waals surface area (Å²) in [6.07, 6.45) is -4.90. The van der Waals surface area contributed by atoms with Gasteiger partial charge in [0.15, 0.2) is 11.5 Å². The maximum Gasteiger partial charge on any atom is 0.416 e. The standard InChI is InChI=1S/C30H18ClF5N2O4/c31-22-3-2-18(32)13-20(22)27-26-21(29(40)38-27)9-15(14-1-4-24-25(11-14)42-6-5-41-24)10-23(26)37-28(39)16-7-17(30(34,35)36)12-19(33)8-16/h1-4,7-13,27H,5-6H2,(H,37,39)(H,38,40). The van der Waals surface area contributed by atoms with E-state index in [2.05, 4.69) is 10.6 Å². The molecule has 0 spiro atoms. The molecule has 0 saturated carbocycles. The molecule has 0 aliphatic carbocycles. The number of amides is 2. The molecule has 0 bridgehead atoms. The van der Waals surface area contributed by atoms with E-state index in [0.717, 1.165) is 12.1 Å². The summed E-state index contributed by atoms with van der Waals surface area (Å²) >= 11 is 6.34. The maximum absolute atomic E-state index is 14.2. The molecule has 4 aromatic carbocycles. The minimum absolute atomic E-state index is 0.0175. The average molecular weight is 601 g/mol. The highest BCUT2D eigenvalue weighted by atomic mass is 35.5. The SMILES string of the molecule is O=C(Nc1cc(-c2ccc3c(c2)OCCO3)cc2c1C(c1cc(F)ccc1Cl)NC2=O)c1cc(F)cc(C(F)(F)F)c1. The third-order valence-corrected chi connectivity index (χ3v) is 7.21. The van der Waals surface area contributed by atoms with Gasteiger partial charge in [-0.2, -0.15) is 13.2 Å². The monoisotopic (exact) mass is 600 g/mol. The first-order valence-electron chi connectivity index (χ1n) is 12.5. The van der Waals surface area contributed by atoms with Crippen LogP contribution in [0, 0.1) is 11.6 Å². The lowest BCUT2D eigenvalue weighted by molar-refractivity contribution is -0.137. The predicted molar refractivity (Wildman–Crippen MR) is 143 cm³/mol. The number of halogens is 6. The van der Waals surface area contributed by atoms with Gasteiger partial charge in [0.2, 0.25) is 0 Å². The van der Waals surface area contributed by atoms with Gasteiger partial charge >= 0.3 is 6.18 Å². The van der Waals surface area contributed by atoms with E-state index in [0.29, 0.717) is 48.0 Å². The number of fused-ring (bicyclic) bond motifs is 2. The molecular weight excluding hydrogens is 583 g/mol. The summed E-state index contributed by atoms with van der Waals surface area (Å²) in [6, 6.07) is 12.2. The Balaban J connectivity index is 1.49. The van der Waals surface area contributed by atoms with Gasteiger partial charge in [-0.1, -0.05) is 17.7 Å². The molecule has 0 saturated heterocycles. The second-order valence-electron chi connectivity index (χ2n) is 9.60. The first-order valence-corrected chi connectivity index (χ1v) is 12.9. The Kier molecular flexibility index (Phi) is 6.77. The Bertz CT molecular complexity index is 1780. The molecule has 1 unspecified atom stereocenters. The van der Waals surface area contributed by atoms with E-state index in [1.807, 2.05) is 0 Å². The van der Waals surface area contributed by atoms with E-state index in [4.69, 9.17) is 21.1 Å². The summed E-state index contributed by atoms with van der Waals surface area (Å²) in [5.74, 6) is -2.54. The van der Waals surface area contributed by atoms with Crippen molar-refractivity contribution < 1.29 is 41.0 Å². The fraction of sp³-hybridized carbons (Fsp3) is 0.133. The van der Waals surface area contributed by atoms with E-state index < -0.39 is 46.8 Å². The molecule has 0 radical (unpaired) electrons. The largest absolute Gasteiger partial charge is 0.486 e. The third kappa shape index (κ3) is 5.11. The van der Waals surface area contributed by atoms with Crippen LogP contribution in [-0.2, 0) is 6.18 Å². The van der Waals surface area contributed by atoms with Gasteiger partial charge in [0.05, 0.1) is 11.6 Å². The van der Waals surface area contributed by atoms with Crippen LogP contribution < -0.4 is 20.1 Å². The number of ether oxygens (including phenoxy) is 2. The van der Waals surface area contributed by atoms with Crippen molar-refractivity contribution in [2.75, 3.05) is 18.5 Å². The number of alkyl halides is 3. The van der Waals surface area contributed by atoms with Crippen LogP contribution in [0.15, 0.2) is 66.7 Å². The number of hydrogen-bond acceptors (Lipinski definition) is 4. The third-order valence-electron chi connectivity index (χ3n) is 6.87. The van der Waals surface area contributed by atoms with Crippen molar-refractivity contribution in [1.29, 1.82) is 0 Å². The normalized spacial score (nSPS) is 15.7. The molecule has 2 aliphatic rings. The van der Waals surface area contributed by atoms with Gasteiger partial charge < -0.3 is 20.1 Å². The molecule has 0 fully saturated rings. The summed E-state index contributed by atoms with van der Waals surface area (Å²) in [4.78, 5) is 26.4. The van der Waals surface area contributed by atoms with Crippen molar-refractivity contribution in [1.82, 2.24) is 5.32 Å². The van der Waals surface area contributed by atoms with E-state index in [1.54, 1.807) is 24.3 Å². The highest BCUT2D eigenvalue weighted by Crippen LogP contribution is 2.43. The van der Waals surface area contributed by atoms with Crippen LogP contribution in [0.1, 0.15) is 43.4 Å². The molecule has 42 heavy (non-hydrogen) atoms. The number of hydrogen-bond donors (Lipinski definition) is 2. The molecule has 4 aromatic rings. The zero-order chi connectivity index (χ0) is 29.8. The van der Waals surface area contributed by atoms with E-state index >= 15 is 0 Å². The maximum atomic E-state index is 14.2. The Morgan fingerprint density at radius 3 is 2.40 bits per heavy atom. The number of rotatable bonds is 4. The summed E-state index contributed by atoms with van der Waals surface area (Å²) in [7, 11) is 0. The van der Waals surface area contributed by atoms with E-state index in [-0.39, 0.29) is 33.5 Å². The van der Waals surface area contributed by atoms with Crippen LogP contribution in [0.5, 0.6) is 11.5 Å². The van der Waals surface area contributed by atoms with E-state index in [9.17, 15) is 31.5 Å². The molecule has 12 heteroatoms. The van der Waals surface area contributed by atoms with Gasteiger partial charge in [0.1, 0.15) is 24.8 Å². The van der Waals surface area contributed by atoms with Crippen LogP contribution in [0.2, 0.25) is 5.02 Å². The lowest BCUT2D eigenvalue weighted by Crippen LogP contribution is -2.21. The molecular formula is C30H18ClF5N2O4. The number of benzene rings is 4. The van der Waals surface area contributed by atoms with Gasteiger partial charge in [-0.25, -0.2) is 8.78 Å². The second-order valence-corrected chi connectivity index (χ2v) is 10.0. The van der Waals surface area contributed by atoms with Crippen molar-refractivity contribution in [2.45, 2.75) is 12.2 Å². The van der Waals surface area contributed by atoms with Gasteiger partial charge in [-0.15, -0.1) is 0 Å². The van der Waals surface area contributed by atoms with Crippen molar-refractivity contribution in [3.63, 3.8) is 0 Å². The minimum atomic E-state index is -4.90. The van der Waals surface area contributed by atoms with Crippen molar-refractivity contribution in [3.05, 3.63) is 111 Å². The molecule has 6 rings (SSSR count). The Hall–Kier alpha value is -4.64. The Labute approximate surface area is 240 Å². The van der Waals surface area contributed by atoms with Gasteiger partial charge in [-0.3, -0.25) is 9.59 Å². The van der Waals surface area contributed by atoms with Gasteiger partial charge in [0, 0.05) is 33.0 Å². The predicted octanol–water partition coefficient (Wildman–Crippen LogP) is 7.16. The smallest absolute Gasteiger partial charge is 0.416 e. The number of nitrogens with one attached hydrogen (secondary N) is 2. The average Bonchev–Trinajstić information content (AvgIpc) is 3.29. The van der Waals surface area contributed by atoms with Crippen molar-refractivity contribution in [3.8, 4) is 22.6 Å². The lowest BCUT2D eigenvalue weighted by Gasteiger charge is -2.20. The van der Waals surface area contributed by atoms with E-state index in [1.165, 1.54) is 12.1 Å². The molecule has 6 nitrogen and oxygen atoms in total. The zero-order valence-corrected chi connectivity index (χ0v) is 22.0. The number of anilines is 1.